The van der Waals surface area contributed by atoms with Crippen LogP contribution in [0.4, 0.5) is 5.69 Å². The Bertz CT molecular complexity index is 824. The van der Waals surface area contributed by atoms with Crippen molar-refractivity contribution in [3.05, 3.63) is 59.1 Å². The van der Waals surface area contributed by atoms with E-state index in [1.807, 2.05) is 49.4 Å². The fourth-order valence-electron chi connectivity index (χ4n) is 3.02. The number of ether oxygens (including phenoxy) is 1. The molecule has 2 aromatic carbocycles. The van der Waals surface area contributed by atoms with Crippen LogP contribution in [0.2, 0.25) is 5.02 Å². The second-order valence-electron chi connectivity index (χ2n) is 6.28. The van der Waals surface area contributed by atoms with Crippen molar-refractivity contribution in [3.63, 3.8) is 0 Å². The minimum absolute atomic E-state index is 0.137. The van der Waals surface area contributed by atoms with Crippen molar-refractivity contribution in [2.75, 3.05) is 11.4 Å². The van der Waals surface area contributed by atoms with Crippen molar-refractivity contribution >= 4 is 29.1 Å². The van der Waals surface area contributed by atoms with Gasteiger partial charge >= 0.3 is 0 Å². The van der Waals surface area contributed by atoms with E-state index < -0.39 is 6.10 Å². The lowest BCUT2D eigenvalue weighted by atomic mass is 10.1. The number of hydrogen-bond donors (Lipinski definition) is 1. The third kappa shape index (κ3) is 3.83. The van der Waals surface area contributed by atoms with Crippen molar-refractivity contribution < 1.29 is 14.3 Å². The molecule has 0 radical (unpaired) electrons. The SMILES string of the molecule is CC1Oc2ccccc2N(CCC(=O)NC(C)c2ccccc2Cl)C1=O. The van der Waals surface area contributed by atoms with Crippen LogP contribution in [0, 0.1) is 0 Å². The first kappa shape index (κ1) is 18.3. The molecular formula is C20H21ClN2O3. The summed E-state index contributed by atoms with van der Waals surface area (Å²) in [5.41, 5.74) is 1.56. The number of anilines is 1. The molecule has 2 aromatic rings. The van der Waals surface area contributed by atoms with Crippen LogP contribution in [0.5, 0.6) is 5.75 Å². The maximum Gasteiger partial charge on any atom is 0.267 e. The Morgan fingerprint density at radius 3 is 2.69 bits per heavy atom. The molecule has 2 unspecified atom stereocenters. The first-order valence-corrected chi connectivity index (χ1v) is 8.96. The molecule has 5 nitrogen and oxygen atoms in total. The molecule has 0 spiro atoms. The highest BCUT2D eigenvalue weighted by Crippen LogP contribution is 2.33. The van der Waals surface area contributed by atoms with Crippen LogP contribution in [-0.2, 0) is 9.59 Å². The third-order valence-electron chi connectivity index (χ3n) is 4.39. The van der Waals surface area contributed by atoms with E-state index in [2.05, 4.69) is 5.32 Å². The number of nitrogens with zero attached hydrogens (tertiary/aromatic N) is 1. The number of halogens is 1. The summed E-state index contributed by atoms with van der Waals surface area (Å²) in [6.07, 6.45) is -0.364. The molecule has 0 saturated carbocycles. The smallest absolute Gasteiger partial charge is 0.267 e. The van der Waals surface area contributed by atoms with Gasteiger partial charge in [-0.15, -0.1) is 0 Å². The monoisotopic (exact) mass is 372 g/mol. The highest BCUT2D eigenvalue weighted by Gasteiger charge is 2.31. The Morgan fingerprint density at radius 1 is 1.23 bits per heavy atom. The largest absolute Gasteiger partial charge is 0.479 e. The van der Waals surface area contributed by atoms with Gasteiger partial charge < -0.3 is 15.0 Å². The molecule has 0 aromatic heterocycles. The first-order valence-electron chi connectivity index (χ1n) is 8.58. The number of nitrogens with one attached hydrogen (secondary N) is 1. The molecule has 1 heterocycles. The van der Waals surface area contributed by atoms with Crippen LogP contribution in [-0.4, -0.2) is 24.5 Å². The summed E-state index contributed by atoms with van der Waals surface area (Å²) < 4.78 is 5.61. The van der Waals surface area contributed by atoms with Gasteiger partial charge in [0, 0.05) is 18.0 Å². The summed E-state index contributed by atoms with van der Waals surface area (Å²) in [4.78, 5) is 26.4. The Morgan fingerprint density at radius 2 is 1.92 bits per heavy atom. The molecule has 26 heavy (non-hydrogen) atoms. The molecule has 1 aliphatic heterocycles. The molecule has 6 heteroatoms. The molecule has 1 aliphatic rings. The minimum atomic E-state index is -0.560. The molecule has 136 valence electrons. The molecule has 2 atom stereocenters. The highest BCUT2D eigenvalue weighted by atomic mass is 35.5. The standard InChI is InChI=1S/C20H21ClN2O3/c1-13(15-7-3-4-8-16(15)21)22-19(24)11-12-23-17-9-5-6-10-18(17)26-14(2)20(23)25/h3-10,13-14H,11-12H2,1-2H3,(H,22,24). The molecule has 1 N–H and O–H groups in total. The summed E-state index contributed by atoms with van der Waals surface area (Å²) in [6.45, 7) is 3.89. The van der Waals surface area contributed by atoms with Crippen LogP contribution in [0.1, 0.15) is 31.9 Å². The van der Waals surface area contributed by atoms with Gasteiger partial charge in [-0.2, -0.15) is 0 Å². The van der Waals surface area contributed by atoms with Gasteiger partial charge in [-0.1, -0.05) is 41.9 Å². The van der Waals surface area contributed by atoms with E-state index in [-0.39, 0.29) is 24.3 Å². The topological polar surface area (TPSA) is 58.6 Å². The van der Waals surface area contributed by atoms with E-state index in [1.54, 1.807) is 17.9 Å². The van der Waals surface area contributed by atoms with Gasteiger partial charge in [0.05, 0.1) is 11.7 Å². The number of hydrogen-bond acceptors (Lipinski definition) is 3. The van der Waals surface area contributed by atoms with Gasteiger partial charge in [-0.3, -0.25) is 9.59 Å². The van der Waals surface area contributed by atoms with E-state index >= 15 is 0 Å². The summed E-state index contributed by atoms with van der Waals surface area (Å²) >= 11 is 6.17. The van der Waals surface area contributed by atoms with E-state index in [0.717, 1.165) is 5.56 Å². The van der Waals surface area contributed by atoms with Gasteiger partial charge in [0.25, 0.3) is 5.91 Å². The van der Waals surface area contributed by atoms with Gasteiger partial charge in [0.1, 0.15) is 5.75 Å². The molecule has 3 rings (SSSR count). The van der Waals surface area contributed by atoms with Crippen LogP contribution in [0.3, 0.4) is 0 Å². The second-order valence-corrected chi connectivity index (χ2v) is 6.69. The highest BCUT2D eigenvalue weighted by molar-refractivity contribution is 6.31. The van der Waals surface area contributed by atoms with Crippen LogP contribution < -0.4 is 15.0 Å². The Hall–Kier alpha value is -2.53. The lowest BCUT2D eigenvalue weighted by molar-refractivity contribution is -0.125. The minimum Gasteiger partial charge on any atom is -0.479 e. The van der Waals surface area contributed by atoms with E-state index in [1.165, 1.54) is 0 Å². The number of amides is 2. The first-order chi connectivity index (χ1) is 12.5. The average Bonchev–Trinajstić information content (AvgIpc) is 2.62. The number of benzene rings is 2. The number of rotatable bonds is 5. The maximum atomic E-state index is 12.4. The predicted octanol–water partition coefficient (Wildman–Crippen LogP) is 3.72. The second kappa shape index (κ2) is 7.79. The maximum absolute atomic E-state index is 12.4. The number of fused-ring (bicyclic) bond motifs is 1. The lowest BCUT2D eigenvalue weighted by Gasteiger charge is -2.32. The third-order valence-corrected chi connectivity index (χ3v) is 4.73. The Balaban J connectivity index is 1.64. The van der Waals surface area contributed by atoms with Crippen LogP contribution in [0.25, 0.3) is 0 Å². The van der Waals surface area contributed by atoms with Gasteiger partial charge in [0.15, 0.2) is 6.10 Å². The van der Waals surface area contributed by atoms with Gasteiger partial charge in [0.2, 0.25) is 5.91 Å². The van der Waals surface area contributed by atoms with Crippen molar-refractivity contribution in [1.82, 2.24) is 5.32 Å². The van der Waals surface area contributed by atoms with Gasteiger partial charge in [-0.25, -0.2) is 0 Å². The molecular weight excluding hydrogens is 352 g/mol. The molecule has 0 saturated heterocycles. The summed E-state index contributed by atoms with van der Waals surface area (Å²) in [5, 5.41) is 3.55. The molecule has 0 bridgehead atoms. The zero-order valence-electron chi connectivity index (χ0n) is 14.7. The Labute approximate surface area is 157 Å². The quantitative estimate of drug-likeness (QED) is 0.870. The summed E-state index contributed by atoms with van der Waals surface area (Å²) in [5.74, 6) is 0.377. The summed E-state index contributed by atoms with van der Waals surface area (Å²) in [7, 11) is 0. The lowest BCUT2D eigenvalue weighted by Crippen LogP contribution is -2.45. The average molecular weight is 373 g/mol. The van der Waals surface area contributed by atoms with Crippen molar-refractivity contribution in [1.29, 1.82) is 0 Å². The number of carbonyl (C=O) groups is 2. The van der Waals surface area contributed by atoms with Crippen LogP contribution >= 0.6 is 11.6 Å². The van der Waals surface area contributed by atoms with Crippen LogP contribution in [0.15, 0.2) is 48.5 Å². The number of para-hydroxylation sites is 2. The normalized spacial score (nSPS) is 17.3. The summed E-state index contributed by atoms with van der Waals surface area (Å²) in [6, 6.07) is 14.6. The van der Waals surface area contributed by atoms with E-state index in [0.29, 0.717) is 23.0 Å². The zero-order valence-corrected chi connectivity index (χ0v) is 15.5. The van der Waals surface area contributed by atoms with Crippen molar-refractivity contribution in [2.45, 2.75) is 32.4 Å². The van der Waals surface area contributed by atoms with Gasteiger partial charge in [-0.05, 0) is 37.6 Å². The molecule has 0 fully saturated rings. The van der Waals surface area contributed by atoms with E-state index in [9.17, 15) is 9.59 Å². The van der Waals surface area contributed by atoms with Crippen molar-refractivity contribution in [3.8, 4) is 5.75 Å². The van der Waals surface area contributed by atoms with Crippen molar-refractivity contribution in [2.24, 2.45) is 0 Å². The Kier molecular flexibility index (Phi) is 5.47. The number of carbonyl (C=O) groups excluding carboxylic acids is 2. The molecule has 0 aliphatic carbocycles. The predicted molar refractivity (Wildman–Crippen MR) is 102 cm³/mol. The molecule has 2 amide bonds. The fraction of sp³-hybridized carbons (Fsp3) is 0.300. The fourth-order valence-corrected chi connectivity index (χ4v) is 3.32. The zero-order chi connectivity index (χ0) is 18.7. The van der Waals surface area contributed by atoms with E-state index in [4.69, 9.17) is 16.3 Å².